The van der Waals surface area contributed by atoms with Gasteiger partial charge in [0, 0.05) is 6.54 Å². The van der Waals surface area contributed by atoms with Crippen LogP contribution in [0.2, 0.25) is 0 Å². The van der Waals surface area contributed by atoms with Crippen LogP contribution in [0.25, 0.3) is 0 Å². The van der Waals surface area contributed by atoms with Gasteiger partial charge in [-0.25, -0.2) is 0 Å². The summed E-state index contributed by atoms with van der Waals surface area (Å²) in [6.45, 7) is 0.833. The van der Waals surface area contributed by atoms with Crippen LogP contribution in [-0.2, 0) is 4.84 Å². The van der Waals surface area contributed by atoms with Gasteiger partial charge >= 0.3 is 0 Å². The van der Waals surface area contributed by atoms with Crippen molar-refractivity contribution >= 4 is 0 Å². The van der Waals surface area contributed by atoms with Gasteiger partial charge in [-0.2, -0.15) is 0 Å². The summed E-state index contributed by atoms with van der Waals surface area (Å²) in [4.78, 5) is 5.16. The molecule has 1 aliphatic heterocycles. The zero-order valence-electron chi connectivity index (χ0n) is 6.23. The van der Waals surface area contributed by atoms with Crippen LogP contribution < -0.4 is 5.48 Å². The molecular formula is C9H10NO. The van der Waals surface area contributed by atoms with E-state index in [1.54, 1.807) is 0 Å². The molecule has 0 N–H and O–H groups in total. The van der Waals surface area contributed by atoms with Gasteiger partial charge < -0.3 is 0 Å². The average Bonchev–Trinajstić information content (AvgIpc) is 2.58. The Morgan fingerprint density at radius 1 is 1.27 bits per heavy atom. The van der Waals surface area contributed by atoms with Gasteiger partial charge in [0.25, 0.3) is 0 Å². The van der Waals surface area contributed by atoms with E-state index in [4.69, 9.17) is 4.84 Å². The molecule has 1 atom stereocenters. The molecule has 0 aliphatic carbocycles. The van der Waals surface area contributed by atoms with Crippen LogP contribution in [0.4, 0.5) is 0 Å². The van der Waals surface area contributed by atoms with E-state index < -0.39 is 0 Å². The quantitative estimate of drug-likeness (QED) is 0.594. The lowest BCUT2D eigenvalue weighted by Gasteiger charge is -2.05. The van der Waals surface area contributed by atoms with Crippen molar-refractivity contribution in [2.45, 2.75) is 12.5 Å². The Kier molecular flexibility index (Phi) is 1.88. The third-order valence-electron chi connectivity index (χ3n) is 1.86. The summed E-state index contributed by atoms with van der Waals surface area (Å²) < 4.78 is 0. The van der Waals surface area contributed by atoms with Gasteiger partial charge in [0.05, 0.1) is 0 Å². The molecule has 2 nitrogen and oxygen atoms in total. The van der Waals surface area contributed by atoms with Crippen molar-refractivity contribution in [1.29, 1.82) is 0 Å². The van der Waals surface area contributed by atoms with Crippen molar-refractivity contribution in [3.05, 3.63) is 35.9 Å². The molecule has 0 bridgehead atoms. The lowest BCUT2D eigenvalue weighted by molar-refractivity contribution is 0.0267. The van der Waals surface area contributed by atoms with E-state index in [-0.39, 0.29) is 6.10 Å². The summed E-state index contributed by atoms with van der Waals surface area (Å²) in [5, 5.41) is 0. The minimum Gasteiger partial charge on any atom is -0.274 e. The monoisotopic (exact) mass is 148 g/mol. The standard InChI is InChI=1S/C9H10NO/c1-2-4-8(5-3-1)9-6-7-10-11-9/h1-5,9H,6-7H2. The maximum Gasteiger partial charge on any atom is 0.107 e. The van der Waals surface area contributed by atoms with Crippen LogP contribution in [0.1, 0.15) is 18.1 Å². The number of hydrogen-bond donors (Lipinski definition) is 0. The Labute approximate surface area is 66.1 Å². The van der Waals surface area contributed by atoms with Crippen LogP contribution in [0.3, 0.4) is 0 Å². The number of nitrogens with zero attached hydrogens (tertiary/aromatic N) is 1. The second-order valence-corrected chi connectivity index (χ2v) is 2.65. The van der Waals surface area contributed by atoms with Gasteiger partial charge in [-0.3, -0.25) is 4.84 Å². The lowest BCUT2D eigenvalue weighted by atomic mass is 10.1. The predicted octanol–water partition coefficient (Wildman–Crippen LogP) is 1.67. The van der Waals surface area contributed by atoms with E-state index in [0.717, 1.165) is 13.0 Å². The molecule has 1 aliphatic rings. The smallest absolute Gasteiger partial charge is 0.107 e. The van der Waals surface area contributed by atoms with Crippen molar-refractivity contribution in [2.24, 2.45) is 0 Å². The van der Waals surface area contributed by atoms with Crippen LogP contribution in [0, 0.1) is 0 Å². The molecule has 1 radical (unpaired) electrons. The molecule has 1 fully saturated rings. The minimum absolute atomic E-state index is 0.205. The fourth-order valence-corrected chi connectivity index (χ4v) is 1.26. The largest absolute Gasteiger partial charge is 0.274 e. The van der Waals surface area contributed by atoms with Gasteiger partial charge in [0.2, 0.25) is 0 Å². The average molecular weight is 148 g/mol. The maximum absolute atomic E-state index is 5.16. The zero-order chi connectivity index (χ0) is 7.52. The van der Waals surface area contributed by atoms with Gasteiger partial charge in [-0.1, -0.05) is 35.8 Å². The van der Waals surface area contributed by atoms with E-state index in [1.165, 1.54) is 5.56 Å². The fourth-order valence-electron chi connectivity index (χ4n) is 1.26. The zero-order valence-corrected chi connectivity index (χ0v) is 6.23. The summed E-state index contributed by atoms with van der Waals surface area (Å²) in [6.07, 6.45) is 1.22. The maximum atomic E-state index is 5.16. The topological polar surface area (TPSA) is 23.3 Å². The molecule has 1 heterocycles. The molecule has 0 saturated carbocycles. The Balaban J connectivity index is 2.16. The Bertz CT molecular complexity index is 216. The number of hydroxylamine groups is 1. The van der Waals surface area contributed by atoms with Gasteiger partial charge in [-0.05, 0) is 12.0 Å². The molecule has 1 unspecified atom stereocenters. The molecule has 0 spiro atoms. The van der Waals surface area contributed by atoms with E-state index in [1.807, 2.05) is 18.2 Å². The van der Waals surface area contributed by atoms with Crippen LogP contribution in [-0.4, -0.2) is 6.54 Å². The first-order chi connectivity index (χ1) is 5.47. The summed E-state index contributed by atoms with van der Waals surface area (Å²) >= 11 is 0. The van der Waals surface area contributed by atoms with E-state index in [9.17, 15) is 0 Å². The minimum atomic E-state index is 0.205. The SMILES string of the molecule is c1ccc(C2CC[N]O2)cc1. The highest BCUT2D eigenvalue weighted by Gasteiger charge is 2.17. The molecule has 0 amide bonds. The molecule has 2 rings (SSSR count). The Morgan fingerprint density at radius 2 is 2.09 bits per heavy atom. The highest BCUT2D eigenvalue weighted by molar-refractivity contribution is 5.17. The molecule has 1 aromatic rings. The van der Waals surface area contributed by atoms with E-state index in [2.05, 4.69) is 17.6 Å². The van der Waals surface area contributed by atoms with Crippen LogP contribution in [0.5, 0.6) is 0 Å². The van der Waals surface area contributed by atoms with Crippen molar-refractivity contribution in [3.8, 4) is 0 Å². The summed E-state index contributed by atoms with van der Waals surface area (Å²) in [5.74, 6) is 0. The summed E-state index contributed by atoms with van der Waals surface area (Å²) in [7, 11) is 0. The number of rotatable bonds is 1. The van der Waals surface area contributed by atoms with Crippen molar-refractivity contribution < 1.29 is 4.84 Å². The van der Waals surface area contributed by atoms with Gasteiger partial charge in [-0.15, -0.1) is 0 Å². The number of benzene rings is 1. The Hall–Kier alpha value is -0.860. The van der Waals surface area contributed by atoms with E-state index >= 15 is 0 Å². The first kappa shape index (κ1) is 6.83. The molecule has 2 heteroatoms. The molecule has 1 aromatic carbocycles. The molecule has 1 saturated heterocycles. The second-order valence-electron chi connectivity index (χ2n) is 2.65. The third kappa shape index (κ3) is 1.42. The van der Waals surface area contributed by atoms with Crippen molar-refractivity contribution in [2.75, 3.05) is 6.54 Å². The van der Waals surface area contributed by atoms with Crippen LogP contribution >= 0.6 is 0 Å². The fraction of sp³-hybridized carbons (Fsp3) is 0.333. The highest BCUT2D eigenvalue weighted by atomic mass is 16.7. The van der Waals surface area contributed by atoms with Crippen LogP contribution in [0.15, 0.2) is 30.3 Å². The second kappa shape index (κ2) is 3.03. The Morgan fingerprint density at radius 3 is 2.73 bits per heavy atom. The van der Waals surface area contributed by atoms with Gasteiger partial charge in [0.15, 0.2) is 0 Å². The molecular weight excluding hydrogens is 138 g/mol. The van der Waals surface area contributed by atoms with Gasteiger partial charge in [0.1, 0.15) is 6.10 Å². The molecule has 0 aromatic heterocycles. The third-order valence-corrected chi connectivity index (χ3v) is 1.86. The number of hydrogen-bond acceptors (Lipinski definition) is 1. The first-order valence-corrected chi connectivity index (χ1v) is 3.84. The normalized spacial score (nSPS) is 23.8. The lowest BCUT2D eigenvalue weighted by Crippen LogP contribution is -1.96. The molecule has 11 heavy (non-hydrogen) atoms. The predicted molar refractivity (Wildman–Crippen MR) is 41.9 cm³/mol. The molecule has 57 valence electrons. The first-order valence-electron chi connectivity index (χ1n) is 3.84. The van der Waals surface area contributed by atoms with Crippen molar-refractivity contribution in [1.82, 2.24) is 5.48 Å². The summed E-state index contributed by atoms with van der Waals surface area (Å²) in [5.41, 5.74) is 5.07. The van der Waals surface area contributed by atoms with E-state index in [0.29, 0.717) is 0 Å². The highest BCUT2D eigenvalue weighted by Crippen LogP contribution is 2.23. The summed E-state index contributed by atoms with van der Waals surface area (Å²) in [6, 6.07) is 10.2. The van der Waals surface area contributed by atoms with Crippen molar-refractivity contribution in [3.63, 3.8) is 0 Å².